The summed E-state index contributed by atoms with van der Waals surface area (Å²) in [5, 5.41) is 18.4. The van der Waals surface area contributed by atoms with Crippen LogP contribution in [0.1, 0.15) is 11.3 Å². The number of benzene rings is 1. The smallest absolute Gasteiger partial charge is 0.278 e. The summed E-state index contributed by atoms with van der Waals surface area (Å²) < 4.78 is 0. The van der Waals surface area contributed by atoms with E-state index >= 15 is 0 Å². The van der Waals surface area contributed by atoms with Gasteiger partial charge in [0.15, 0.2) is 5.84 Å². The van der Waals surface area contributed by atoms with E-state index in [0.717, 1.165) is 0 Å². The van der Waals surface area contributed by atoms with Crippen LogP contribution in [0.5, 0.6) is 0 Å². The topological polar surface area (TPSA) is 120 Å². The summed E-state index contributed by atoms with van der Waals surface area (Å²) in [6.45, 7) is 0. The van der Waals surface area contributed by atoms with E-state index in [1.807, 2.05) is 0 Å². The van der Waals surface area contributed by atoms with Crippen molar-refractivity contribution in [1.82, 2.24) is 9.97 Å². The van der Waals surface area contributed by atoms with Crippen molar-refractivity contribution in [3.8, 4) is 0 Å². The molecule has 0 aliphatic heterocycles. The van der Waals surface area contributed by atoms with Crippen molar-refractivity contribution in [3.63, 3.8) is 0 Å². The van der Waals surface area contributed by atoms with E-state index in [4.69, 9.17) is 17.3 Å². The first-order valence-electron chi connectivity index (χ1n) is 5.66. The molecule has 0 bridgehead atoms. The van der Waals surface area contributed by atoms with Gasteiger partial charge >= 0.3 is 0 Å². The molecule has 0 fully saturated rings. The van der Waals surface area contributed by atoms with Crippen molar-refractivity contribution >= 4 is 29.3 Å². The number of nitro benzene ring substituents is 1. The molecule has 1 heterocycles. The van der Waals surface area contributed by atoms with E-state index in [0.29, 0.717) is 5.56 Å². The number of para-hydroxylation sites is 1. The number of nitrogens with zero attached hydrogens (tertiary/aromatic N) is 5. The lowest BCUT2D eigenvalue weighted by atomic mass is 10.2. The van der Waals surface area contributed by atoms with Gasteiger partial charge in [0, 0.05) is 6.07 Å². The van der Waals surface area contributed by atoms with Crippen LogP contribution in [0, 0.1) is 10.1 Å². The first-order chi connectivity index (χ1) is 10.1. The van der Waals surface area contributed by atoms with Gasteiger partial charge in [0.05, 0.1) is 29.1 Å². The number of nitrogens with two attached hydrogens (primary N) is 1. The Morgan fingerprint density at radius 2 is 2.14 bits per heavy atom. The largest absolute Gasteiger partial charge is 0.380 e. The van der Waals surface area contributed by atoms with Crippen LogP contribution in [0.15, 0.2) is 46.9 Å². The molecule has 2 N–H and O–H groups in total. The number of halogens is 1. The summed E-state index contributed by atoms with van der Waals surface area (Å²) >= 11 is 5.68. The second kappa shape index (κ2) is 6.53. The summed E-state index contributed by atoms with van der Waals surface area (Å²) in [6.07, 6.45) is 3.98. The molecule has 0 radical (unpaired) electrons. The first-order valence-corrected chi connectivity index (χ1v) is 6.03. The summed E-state index contributed by atoms with van der Waals surface area (Å²) in [4.78, 5) is 18.0. The Balaban J connectivity index is 2.22. The van der Waals surface area contributed by atoms with Gasteiger partial charge in [0.25, 0.3) is 5.69 Å². The van der Waals surface area contributed by atoms with E-state index in [-0.39, 0.29) is 22.4 Å². The van der Waals surface area contributed by atoms with Gasteiger partial charge in [0.2, 0.25) is 0 Å². The zero-order valence-electron chi connectivity index (χ0n) is 10.5. The monoisotopic (exact) mass is 304 g/mol. The van der Waals surface area contributed by atoms with E-state index in [9.17, 15) is 10.1 Å². The van der Waals surface area contributed by atoms with Crippen LogP contribution in [0.3, 0.4) is 0 Å². The van der Waals surface area contributed by atoms with Crippen molar-refractivity contribution in [2.45, 2.75) is 0 Å². The van der Waals surface area contributed by atoms with Gasteiger partial charge in [-0.25, -0.2) is 4.98 Å². The number of aromatic nitrogens is 2. The highest BCUT2D eigenvalue weighted by molar-refractivity contribution is 6.29. The van der Waals surface area contributed by atoms with Crippen LogP contribution in [0.25, 0.3) is 0 Å². The van der Waals surface area contributed by atoms with Gasteiger partial charge in [-0.2, -0.15) is 5.10 Å². The minimum absolute atomic E-state index is 0.000154. The van der Waals surface area contributed by atoms with Gasteiger partial charge in [-0.1, -0.05) is 23.7 Å². The van der Waals surface area contributed by atoms with Gasteiger partial charge < -0.3 is 5.73 Å². The van der Waals surface area contributed by atoms with Gasteiger partial charge in [-0.15, -0.1) is 5.10 Å². The highest BCUT2D eigenvalue weighted by Crippen LogP contribution is 2.15. The molecule has 0 spiro atoms. The van der Waals surface area contributed by atoms with Crippen LogP contribution in [0.4, 0.5) is 5.69 Å². The van der Waals surface area contributed by atoms with Gasteiger partial charge in [0.1, 0.15) is 10.8 Å². The van der Waals surface area contributed by atoms with Crippen molar-refractivity contribution in [2.24, 2.45) is 15.9 Å². The van der Waals surface area contributed by atoms with Crippen LogP contribution in [0.2, 0.25) is 5.15 Å². The van der Waals surface area contributed by atoms with Crippen molar-refractivity contribution in [2.75, 3.05) is 0 Å². The number of rotatable bonds is 4. The number of hydrogen-bond donors (Lipinski definition) is 1. The predicted molar refractivity (Wildman–Crippen MR) is 78.5 cm³/mol. The molecule has 21 heavy (non-hydrogen) atoms. The Bertz CT molecular complexity index is 731. The normalized spacial score (nSPS) is 11.8. The fourth-order valence-corrected chi connectivity index (χ4v) is 1.58. The summed E-state index contributed by atoms with van der Waals surface area (Å²) in [6, 6.07) is 6.14. The lowest BCUT2D eigenvalue weighted by molar-refractivity contribution is -0.385. The van der Waals surface area contributed by atoms with Crippen molar-refractivity contribution in [3.05, 3.63) is 63.2 Å². The maximum Gasteiger partial charge on any atom is 0.278 e. The molecule has 0 aliphatic rings. The first kappa shape index (κ1) is 14.5. The van der Waals surface area contributed by atoms with Crippen LogP contribution in [-0.4, -0.2) is 26.9 Å². The molecule has 9 heteroatoms. The Kier molecular flexibility index (Phi) is 4.52. The van der Waals surface area contributed by atoms with E-state index in [2.05, 4.69) is 20.2 Å². The average Bonchev–Trinajstić information content (AvgIpc) is 2.47. The molecular formula is C12H9ClN6O2. The summed E-state index contributed by atoms with van der Waals surface area (Å²) in [5.74, 6) is -0.000154. The van der Waals surface area contributed by atoms with E-state index in [1.165, 1.54) is 24.7 Å². The minimum Gasteiger partial charge on any atom is -0.380 e. The minimum atomic E-state index is -0.503. The fourth-order valence-electron chi connectivity index (χ4n) is 1.43. The SMILES string of the molecule is N/C(=N\N=C\c1ccccc1[N+](=O)[O-])c1cncc(Cl)n1. The fraction of sp³-hybridized carbons (Fsp3) is 0. The number of amidine groups is 1. The maximum atomic E-state index is 10.8. The molecule has 0 aliphatic carbocycles. The van der Waals surface area contributed by atoms with Gasteiger partial charge in [-0.05, 0) is 6.07 Å². The second-order valence-electron chi connectivity index (χ2n) is 3.77. The molecule has 8 nitrogen and oxygen atoms in total. The number of hydrogen-bond acceptors (Lipinski definition) is 6. The quantitative estimate of drug-likeness (QED) is 0.399. The van der Waals surface area contributed by atoms with Crippen LogP contribution in [-0.2, 0) is 0 Å². The van der Waals surface area contributed by atoms with Crippen LogP contribution < -0.4 is 5.73 Å². The molecule has 0 saturated heterocycles. The molecule has 0 amide bonds. The van der Waals surface area contributed by atoms with Crippen molar-refractivity contribution in [1.29, 1.82) is 0 Å². The Hall–Kier alpha value is -2.87. The standard InChI is InChI=1S/C12H9ClN6O2/c13-11-7-15-6-9(17-11)12(14)18-16-5-8-3-1-2-4-10(8)19(20)21/h1-7H,(H2,14,18)/b16-5+. The average molecular weight is 305 g/mol. The summed E-state index contributed by atoms with van der Waals surface area (Å²) in [7, 11) is 0. The third kappa shape index (κ3) is 3.80. The predicted octanol–water partition coefficient (Wildman–Crippen LogP) is 1.78. The Labute approximate surface area is 124 Å². The lowest BCUT2D eigenvalue weighted by Crippen LogP contribution is -2.15. The Morgan fingerprint density at radius 3 is 2.86 bits per heavy atom. The third-order valence-electron chi connectivity index (χ3n) is 2.36. The summed E-state index contributed by atoms with van der Waals surface area (Å²) in [5.41, 5.74) is 6.18. The third-order valence-corrected chi connectivity index (χ3v) is 2.55. The van der Waals surface area contributed by atoms with E-state index < -0.39 is 4.92 Å². The number of nitro groups is 1. The molecule has 1 aromatic heterocycles. The second-order valence-corrected chi connectivity index (χ2v) is 4.16. The lowest BCUT2D eigenvalue weighted by Gasteiger charge is -1.97. The molecular weight excluding hydrogens is 296 g/mol. The maximum absolute atomic E-state index is 10.8. The van der Waals surface area contributed by atoms with Crippen molar-refractivity contribution < 1.29 is 4.92 Å². The zero-order valence-corrected chi connectivity index (χ0v) is 11.3. The Morgan fingerprint density at radius 1 is 1.38 bits per heavy atom. The molecule has 2 rings (SSSR count). The molecule has 1 aromatic carbocycles. The van der Waals surface area contributed by atoms with Gasteiger partial charge in [-0.3, -0.25) is 15.1 Å². The van der Waals surface area contributed by atoms with Crippen LogP contribution >= 0.6 is 11.6 Å². The highest BCUT2D eigenvalue weighted by atomic mass is 35.5. The molecule has 106 valence electrons. The molecule has 0 unspecified atom stereocenters. The zero-order chi connectivity index (χ0) is 15.2. The highest BCUT2D eigenvalue weighted by Gasteiger charge is 2.09. The molecule has 0 saturated carbocycles. The molecule has 0 atom stereocenters. The van der Waals surface area contributed by atoms with E-state index in [1.54, 1.807) is 18.2 Å². The molecule has 2 aromatic rings.